The summed E-state index contributed by atoms with van der Waals surface area (Å²) in [6.07, 6.45) is 0.793. The fourth-order valence-corrected chi connectivity index (χ4v) is 6.04. The SMILES string of the molecule is CCc1ccc(O)c2c1C[C@]1(C)C[C@]3(C)CC(=O)C(C(C)=O)=C(O)[C@]3(O)C(=O)C1=C2O. The van der Waals surface area contributed by atoms with Crippen LogP contribution in [0.25, 0.3) is 5.76 Å². The van der Waals surface area contributed by atoms with Crippen molar-refractivity contribution in [2.24, 2.45) is 10.8 Å². The number of phenols is 1. The molecule has 0 aliphatic heterocycles. The number of rotatable bonds is 2. The van der Waals surface area contributed by atoms with Crippen LogP contribution in [0.15, 0.2) is 29.0 Å². The molecule has 0 amide bonds. The van der Waals surface area contributed by atoms with Crippen molar-refractivity contribution in [1.82, 2.24) is 0 Å². The number of allylic oxidation sites excluding steroid dienone is 1. The van der Waals surface area contributed by atoms with Crippen LogP contribution >= 0.6 is 0 Å². The fourth-order valence-electron chi connectivity index (χ4n) is 6.04. The lowest BCUT2D eigenvalue weighted by Crippen LogP contribution is -2.65. The van der Waals surface area contributed by atoms with Crippen LogP contribution in [0.4, 0.5) is 0 Å². The molecule has 1 aromatic carbocycles. The molecule has 3 aliphatic carbocycles. The first-order valence-corrected chi connectivity index (χ1v) is 10.3. The number of benzene rings is 1. The summed E-state index contributed by atoms with van der Waals surface area (Å²) in [5, 5.41) is 43.9. The predicted octanol–water partition coefficient (Wildman–Crippen LogP) is 2.87. The molecule has 164 valence electrons. The van der Waals surface area contributed by atoms with Crippen molar-refractivity contribution in [1.29, 1.82) is 0 Å². The van der Waals surface area contributed by atoms with Gasteiger partial charge in [-0.25, -0.2) is 0 Å². The molecule has 4 N–H and O–H groups in total. The lowest BCUT2D eigenvalue weighted by atomic mass is 9.47. The topological polar surface area (TPSA) is 132 Å². The van der Waals surface area contributed by atoms with Crippen LogP contribution in [-0.4, -0.2) is 43.4 Å². The number of carbonyl (C=O) groups excluding carboxylic acids is 3. The standard InChI is InChI=1S/C24H26O7/c1-5-12-6-7-14(26)17-13(12)8-22(3)10-23(4)9-15(27)16(11(2)25)20(29)24(23,31)21(30)18(22)19(17)28/h6-7,26,28-29,31H,5,8-10H2,1-4H3/t22-,23+,24+/m1/s1. The molecule has 0 heterocycles. The number of carbonyl (C=O) groups is 3. The monoisotopic (exact) mass is 426 g/mol. The van der Waals surface area contributed by atoms with E-state index >= 15 is 0 Å². The summed E-state index contributed by atoms with van der Waals surface area (Å²) in [4.78, 5) is 38.4. The van der Waals surface area contributed by atoms with Crippen LogP contribution in [0, 0.1) is 10.8 Å². The van der Waals surface area contributed by atoms with Crippen LogP contribution in [0.1, 0.15) is 57.2 Å². The van der Waals surface area contributed by atoms with Gasteiger partial charge in [-0.3, -0.25) is 14.4 Å². The van der Waals surface area contributed by atoms with Crippen LogP contribution in [0.3, 0.4) is 0 Å². The van der Waals surface area contributed by atoms with Crippen molar-refractivity contribution in [3.05, 3.63) is 45.7 Å². The highest BCUT2D eigenvalue weighted by atomic mass is 16.3. The Labute approximate surface area is 179 Å². The van der Waals surface area contributed by atoms with E-state index in [1.807, 2.05) is 6.92 Å². The first-order chi connectivity index (χ1) is 14.3. The van der Waals surface area contributed by atoms with Gasteiger partial charge in [0.2, 0.25) is 5.78 Å². The Morgan fingerprint density at radius 1 is 1.10 bits per heavy atom. The highest BCUT2D eigenvalue weighted by molar-refractivity contribution is 6.23. The smallest absolute Gasteiger partial charge is 0.203 e. The Balaban J connectivity index is 2.05. The van der Waals surface area contributed by atoms with Crippen molar-refractivity contribution in [2.75, 3.05) is 0 Å². The molecule has 1 saturated carbocycles. The summed E-state index contributed by atoms with van der Waals surface area (Å²) in [5.74, 6) is -3.88. The van der Waals surface area contributed by atoms with E-state index in [0.29, 0.717) is 12.8 Å². The van der Waals surface area contributed by atoms with Crippen molar-refractivity contribution < 1.29 is 34.8 Å². The zero-order chi connectivity index (χ0) is 23.1. The predicted molar refractivity (Wildman–Crippen MR) is 111 cm³/mol. The minimum absolute atomic E-state index is 0.104. The van der Waals surface area contributed by atoms with Crippen molar-refractivity contribution in [2.45, 2.75) is 59.0 Å². The van der Waals surface area contributed by atoms with Gasteiger partial charge in [-0.1, -0.05) is 26.8 Å². The maximum atomic E-state index is 13.7. The Hall–Kier alpha value is -2.93. The van der Waals surface area contributed by atoms with Gasteiger partial charge >= 0.3 is 0 Å². The zero-order valence-corrected chi connectivity index (χ0v) is 18.0. The van der Waals surface area contributed by atoms with E-state index in [-0.39, 0.29) is 29.7 Å². The number of fused-ring (bicyclic) bond motifs is 3. The van der Waals surface area contributed by atoms with E-state index < -0.39 is 50.9 Å². The maximum Gasteiger partial charge on any atom is 0.203 e. The highest BCUT2D eigenvalue weighted by Gasteiger charge is 2.68. The second kappa shape index (κ2) is 6.29. The molecule has 0 spiro atoms. The van der Waals surface area contributed by atoms with Gasteiger partial charge in [-0.05, 0) is 43.4 Å². The molecule has 0 saturated heterocycles. The van der Waals surface area contributed by atoms with E-state index in [9.17, 15) is 34.8 Å². The van der Waals surface area contributed by atoms with E-state index in [0.717, 1.165) is 18.1 Å². The van der Waals surface area contributed by atoms with E-state index in [1.165, 1.54) is 6.07 Å². The molecular weight excluding hydrogens is 400 g/mol. The molecular formula is C24H26O7. The molecule has 0 radical (unpaired) electrons. The molecule has 3 atom stereocenters. The van der Waals surface area contributed by atoms with E-state index in [4.69, 9.17) is 0 Å². The third kappa shape index (κ3) is 2.47. The lowest BCUT2D eigenvalue weighted by Gasteiger charge is -2.56. The van der Waals surface area contributed by atoms with Gasteiger partial charge in [0.15, 0.2) is 17.2 Å². The number of phenolic OH excluding ortho intramolecular Hbond substituents is 1. The van der Waals surface area contributed by atoms with Gasteiger partial charge in [-0.15, -0.1) is 0 Å². The Bertz CT molecular complexity index is 1140. The molecule has 31 heavy (non-hydrogen) atoms. The quantitative estimate of drug-likeness (QED) is 0.535. The van der Waals surface area contributed by atoms with Crippen molar-refractivity contribution in [3.8, 4) is 5.75 Å². The zero-order valence-electron chi connectivity index (χ0n) is 18.0. The van der Waals surface area contributed by atoms with Crippen LogP contribution < -0.4 is 0 Å². The normalized spacial score (nSPS) is 32.5. The Kier molecular flexibility index (Phi) is 4.33. The molecule has 7 nitrogen and oxygen atoms in total. The third-order valence-corrected chi connectivity index (χ3v) is 7.38. The third-order valence-electron chi connectivity index (χ3n) is 7.38. The second-order valence-electron chi connectivity index (χ2n) is 9.57. The molecule has 3 aliphatic rings. The lowest BCUT2D eigenvalue weighted by molar-refractivity contribution is -0.164. The number of aromatic hydroxyl groups is 1. The number of Topliss-reactive ketones (excluding diaryl/α,β-unsaturated/α-hetero) is 3. The van der Waals surface area contributed by atoms with Crippen LogP contribution in [0.2, 0.25) is 0 Å². The minimum Gasteiger partial charge on any atom is -0.508 e. The first-order valence-electron chi connectivity index (χ1n) is 10.3. The summed E-state index contributed by atoms with van der Waals surface area (Å²) >= 11 is 0. The fraction of sp³-hybridized carbons (Fsp3) is 0.458. The van der Waals surface area contributed by atoms with E-state index in [1.54, 1.807) is 19.9 Å². The van der Waals surface area contributed by atoms with Crippen LogP contribution in [0.5, 0.6) is 5.75 Å². The Morgan fingerprint density at radius 3 is 2.32 bits per heavy atom. The highest BCUT2D eigenvalue weighted by Crippen LogP contribution is 2.62. The average molecular weight is 426 g/mol. The van der Waals surface area contributed by atoms with Crippen LogP contribution in [-0.2, 0) is 27.2 Å². The number of aliphatic hydroxyl groups excluding tert-OH is 2. The van der Waals surface area contributed by atoms with Gasteiger partial charge in [0.1, 0.15) is 22.8 Å². The van der Waals surface area contributed by atoms with E-state index in [2.05, 4.69) is 0 Å². The van der Waals surface area contributed by atoms with Crippen molar-refractivity contribution >= 4 is 23.1 Å². The number of aryl methyl sites for hydroxylation is 1. The molecule has 0 unspecified atom stereocenters. The molecule has 0 aromatic heterocycles. The minimum atomic E-state index is -2.53. The first kappa shape index (κ1) is 21.3. The van der Waals surface area contributed by atoms with Crippen molar-refractivity contribution in [3.63, 3.8) is 0 Å². The number of hydrogen-bond donors (Lipinski definition) is 4. The van der Waals surface area contributed by atoms with Gasteiger partial charge in [0.05, 0.1) is 5.56 Å². The Morgan fingerprint density at radius 2 is 1.74 bits per heavy atom. The maximum absolute atomic E-state index is 13.7. The number of ketones is 3. The summed E-state index contributed by atoms with van der Waals surface area (Å²) in [5.41, 5.74) is -3.74. The molecule has 1 aromatic rings. The summed E-state index contributed by atoms with van der Waals surface area (Å²) < 4.78 is 0. The summed E-state index contributed by atoms with van der Waals surface area (Å²) in [6.45, 7) is 6.36. The molecule has 0 bridgehead atoms. The van der Waals surface area contributed by atoms with Gasteiger partial charge in [0, 0.05) is 22.8 Å². The van der Waals surface area contributed by atoms with Gasteiger partial charge < -0.3 is 20.4 Å². The average Bonchev–Trinajstić information content (AvgIpc) is 2.64. The number of aliphatic hydroxyl groups is 3. The summed E-state index contributed by atoms with van der Waals surface area (Å²) in [6, 6.07) is 3.23. The summed E-state index contributed by atoms with van der Waals surface area (Å²) in [7, 11) is 0. The number of hydrogen-bond acceptors (Lipinski definition) is 7. The van der Waals surface area contributed by atoms with Gasteiger partial charge in [-0.2, -0.15) is 0 Å². The molecule has 7 heteroatoms. The molecule has 1 fully saturated rings. The van der Waals surface area contributed by atoms with Gasteiger partial charge in [0.25, 0.3) is 0 Å². The second-order valence-corrected chi connectivity index (χ2v) is 9.57. The largest absolute Gasteiger partial charge is 0.508 e. The molecule has 4 rings (SSSR count).